The van der Waals surface area contributed by atoms with Gasteiger partial charge in [0, 0.05) is 31.1 Å². The highest BCUT2D eigenvalue weighted by atomic mass is 32.2. The number of carbonyl (C=O) groups is 1. The molecule has 0 aromatic heterocycles. The lowest BCUT2D eigenvalue weighted by atomic mass is 10.3. The summed E-state index contributed by atoms with van der Waals surface area (Å²) in [5.41, 5.74) is 0. The summed E-state index contributed by atoms with van der Waals surface area (Å²) in [7, 11) is 4.02. The van der Waals surface area contributed by atoms with Crippen molar-refractivity contribution in [2.75, 3.05) is 58.4 Å². The molecule has 1 heterocycles. The molecule has 0 aromatic rings. The molecule has 0 spiro atoms. The van der Waals surface area contributed by atoms with Gasteiger partial charge in [0.1, 0.15) is 0 Å². The Morgan fingerprint density at radius 1 is 1.53 bits per heavy atom. The third-order valence-corrected chi connectivity index (χ3v) is 3.53. The van der Waals surface area contributed by atoms with Crippen LogP contribution >= 0.6 is 11.8 Å². The van der Waals surface area contributed by atoms with E-state index >= 15 is 0 Å². The Kier molecular flexibility index (Phi) is 7.59. The summed E-state index contributed by atoms with van der Waals surface area (Å²) in [6.07, 6.45) is 0. The van der Waals surface area contributed by atoms with Crippen LogP contribution in [0.4, 0.5) is 0 Å². The first-order chi connectivity index (χ1) is 8.20. The molecule has 6 heteroatoms. The van der Waals surface area contributed by atoms with E-state index in [1.54, 1.807) is 0 Å². The standard InChI is InChI=1S/C11H23N3O2S/c1-14(2)5-7-16-6-3-13-11(15)10-9-17-8-4-12-10/h10,12H,3-9H2,1-2H3,(H,13,15). The molecule has 1 fully saturated rings. The number of carbonyl (C=O) groups excluding carboxylic acids is 1. The molecule has 0 aliphatic carbocycles. The van der Waals surface area contributed by atoms with Gasteiger partial charge >= 0.3 is 0 Å². The maximum Gasteiger partial charge on any atom is 0.238 e. The molecule has 0 saturated carbocycles. The van der Waals surface area contributed by atoms with Crippen molar-refractivity contribution in [2.24, 2.45) is 0 Å². The minimum Gasteiger partial charge on any atom is -0.378 e. The molecule has 0 radical (unpaired) electrons. The zero-order valence-corrected chi connectivity index (χ0v) is 11.5. The van der Waals surface area contributed by atoms with Gasteiger partial charge in [0.05, 0.1) is 19.3 Å². The quantitative estimate of drug-likeness (QED) is 0.599. The minimum atomic E-state index is -0.0319. The Bertz CT molecular complexity index is 221. The summed E-state index contributed by atoms with van der Waals surface area (Å²) in [6.45, 7) is 3.71. The molecule has 5 nitrogen and oxygen atoms in total. The first-order valence-electron chi connectivity index (χ1n) is 6.01. The number of hydrogen-bond donors (Lipinski definition) is 2. The number of hydrogen-bond acceptors (Lipinski definition) is 5. The molecular weight excluding hydrogens is 238 g/mol. The molecule has 1 aliphatic rings. The maximum atomic E-state index is 11.7. The molecule has 2 N–H and O–H groups in total. The summed E-state index contributed by atoms with van der Waals surface area (Å²) >= 11 is 1.82. The average Bonchev–Trinajstić information content (AvgIpc) is 2.34. The second-order valence-electron chi connectivity index (χ2n) is 4.29. The van der Waals surface area contributed by atoms with Crippen molar-refractivity contribution in [1.82, 2.24) is 15.5 Å². The zero-order chi connectivity index (χ0) is 12.5. The molecule has 1 aliphatic heterocycles. The van der Waals surface area contributed by atoms with E-state index in [0.717, 1.165) is 24.6 Å². The SMILES string of the molecule is CN(C)CCOCCNC(=O)C1CSCCN1. The lowest BCUT2D eigenvalue weighted by molar-refractivity contribution is -0.122. The summed E-state index contributed by atoms with van der Waals surface area (Å²) in [5, 5.41) is 6.09. The van der Waals surface area contributed by atoms with Gasteiger partial charge in [-0.25, -0.2) is 0 Å². The Balaban J connectivity index is 1.96. The van der Waals surface area contributed by atoms with Crippen LogP contribution in [0, 0.1) is 0 Å². The Hall–Kier alpha value is -0.300. The molecule has 1 atom stereocenters. The predicted octanol–water partition coefficient (Wildman–Crippen LogP) is -0.614. The van der Waals surface area contributed by atoms with Gasteiger partial charge in [-0.05, 0) is 14.1 Å². The van der Waals surface area contributed by atoms with Gasteiger partial charge in [-0.15, -0.1) is 0 Å². The number of nitrogens with one attached hydrogen (secondary N) is 2. The van der Waals surface area contributed by atoms with Crippen molar-refractivity contribution >= 4 is 17.7 Å². The number of thioether (sulfide) groups is 1. The van der Waals surface area contributed by atoms with Crippen molar-refractivity contribution < 1.29 is 9.53 Å². The summed E-state index contributed by atoms with van der Waals surface area (Å²) in [6, 6.07) is -0.0319. The van der Waals surface area contributed by atoms with Crippen LogP contribution in [0.2, 0.25) is 0 Å². The fourth-order valence-electron chi connectivity index (χ4n) is 1.45. The van der Waals surface area contributed by atoms with Crippen LogP contribution in [-0.2, 0) is 9.53 Å². The van der Waals surface area contributed by atoms with E-state index in [0.29, 0.717) is 19.8 Å². The second kappa shape index (κ2) is 8.74. The maximum absolute atomic E-state index is 11.7. The lowest BCUT2D eigenvalue weighted by Gasteiger charge is -2.22. The molecule has 100 valence electrons. The van der Waals surface area contributed by atoms with Gasteiger partial charge in [-0.3, -0.25) is 4.79 Å². The smallest absolute Gasteiger partial charge is 0.238 e. The molecule has 1 rings (SSSR count). The van der Waals surface area contributed by atoms with E-state index in [-0.39, 0.29) is 11.9 Å². The van der Waals surface area contributed by atoms with Crippen LogP contribution in [0.15, 0.2) is 0 Å². The number of amides is 1. The molecule has 0 aromatic carbocycles. The van der Waals surface area contributed by atoms with Gasteiger partial charge in [0.2, 0.25) is 5.91 Å². The highest BCUT2D eigenvalue weighted by Crippen LogP contribution is 2.07. The first-order valence-corrected chi connectivity index (χ1v) is 7.17. The fourth-order valence-corrected chi connectivity index (χ4v) is 2.39. The van der Waals surface area contributed by atoms with Crippen LogP contribution in [0.5, 0.6) is 0 Å². The highest BCUT2D eigenvalue weighted by molar-refractivity contribution is 7.99. The van der Waals surface area contributed by atoms with E-state index in [9.17, 15) is 4.79 Å². The molecule has 1 saturated heterocycles. The topological polar surface area (TPSA) is 53.6 Å². The monoisotopic (exact) mass is 261 g/mol. The Labute approximate surface area is 108 Å². The molecule has 1 amide bonds. The normalized spacial score (nSPS) is 20.5. The van der Waals surface area contributed by atoms with Gasteiger partial charge in [0.25, 0.3) is 0 Å². The molecule has 1 unspecified atom stereocenters. The number of likely N-dealkylation sites (N-methyl/N-ethyl adjacent to an activating group) is 1. The molecule has 0 bridgehead atoms. The van der Waals surface area contributed by atoms with E-state index < -0.39 is 0 Å². The van der Waals surface area contributed by atoms with Gasteiger partial charge in [0.15, 0.2) is 0 Å². The van der Waals surface area contributed by atoms with Crippen LogP contribution in [0.3, 0.4) is 0 Å². The number of nitrogens with zero attached hydrogens (tertiary/aromatic N) is 1. The highest BCUT2D eigenvalue weighted by Gasteiger charge is 2.19. The van der Waals surface area contributed by atoms with E-state index in [2.05, 4.69) is 15.5 Å². The molecule has 17 heavy (non-hydrogen) atoms. The van der Waals surface area contributed by atoms with Crippen LogP contribution in [0.25, 0.3) is 0 Å². The second-order valence-corrected chi connectivity index (χ2v) is 5.44. The van der Waals surface area contributed by atoms with Gasteiger partial charge < -0.3 is 20.3 Å². The zero-order valence-electron chi connectivity index (χ0n) is 10.7. The van der Waals surface area contributed by atoms with Crippen LogP contribution in [-0.4, -0.2) is 75.3 Å². The summed E-state index contributed by atoms with van der Waals surface area (Å²) in [5.74, 6) is 2.05. The predicted molar refractivity (Wildman–Crippen MR) is 71.5 cm³/mol. The van der Waals surface area contributed by atoms with Crippen molar-refractivity contribution in [1.29, 1.82) is 0 Å². The van der Waals surface area contributed by atoms with E-state index in [1.807, 2.05) is 25.9 Å². The summed E-state index contributed by atoms with van der Waals surface area (Å²) < 4.78 is 5.40. The van der Waals surface area contributed by atoms with Crippen LogP contribution < -0.4 is 10.6 Å². The molecular formula is C11H23N3O2S. The van der Waals surface area contributed by atoms with Crippen LogP contribution in [0.1, 0.15) is 0 Å². The lowest BCUT2D eigenvalue weighted by Crippen LogP contribution is -2.49. The largest absolute Gasteiger partial charge is 0.378 e. The summed E-state index contributed by atoms with van der Waals surface area (Å²) in [4.78, 5) is 13.8. The average molecular weight is 261 g/mol. The van der Waals surface area contributed by atoms with Crippen molar-refractivity contribution in [3.63, 3.8) is 0 Å². The van der Waals surface area contributed by atoms with Crippen molar-refractivity contribution in [2.45, 2.75) is 6.04 Å². The third-order valence-electron chi connectivity index (χ3n) is 2.47. The van der Waals surface area contributed by atoms with Gasteiger partial charge in [-0.1, -0.05) is 0 Å². The Morgan fingerprint density at radius 2 is 2.35 bits per heavy atom. The third kappa shape index (κ3) is 6.88. The van der Waals surface area contributed by atoms with Gasteiger partial charge in [-0.2, -0.15) is 11.8 Å². The van der Waals surface area contributed by atoms with E-state index in [1.165, 1.54) is 0 Å². The first kappa shape index (κ1) is 14.8. The number of rotatable bonds is 7. The number of ether oxygens (including phenoxy) is 1. The van der Waals surface area contributed by atoms with E-state index in [4.69, 9.17) is 4.74 Å². The minimum absolute atomic E-state index is 0.0319. The van der Waals surface area contributed by atoms with Crippen molar-refractivity contribution in [3.8, 4) is 0 Å². The van der Waals surface area contributed by atoms with Crippen molar-refractivity contribution in [3.05, 3.63) is 0 Å². The fraction of sp³-hybridized carbons (Fsp3) is 0.909. The Morgan fingerprint density at radius 3 is 3.00 bits per heavy atom.